The molecule has 196 valence electrons. The van der Waals surface area contributed by atoms with Crippen LogP contribution in [0.5, 0.6) is 5.75 Å². The van der Waals surface area contributed by atoms with Gasteiger partial charge in [-0.1, -0.05) is 35.6 Å². The molecule has 8 nitrogen and oxygen atoms in total. The Morgan fingerprint density at radius 1 is 1.10 bits per heavy atom. The molecule has 5 aromatic rings. The van der Waals surface area contributed by atoms with Crippen LogP contribution < -0.4 is 9.64 Å². The van der Waals surface area contributed by atoms with Crippen molar-refractivity contribution in [3.63, 3.8) is 0 Å². The number of ether oxygens (including phenoxy) is 1. The number of aliphatic hydroxyl groups excluding tert-OH is 1. The van der Waals surface area contributed by atoms with E-state index in [-0.39, 0.29) is 22.0 Å². The molecule has 6 rings (SSSR count). The number of benzene rings is 2. The highest BCUT2D eigenvalue weighted by molar-refractivity contribution is 7.22. The summed E-state index contributed by atoms with van der Waals surface area (Å²) in [4.78, 5) is 37.4. The maximum Gasteiger partial charge on any atom is 0.301 e. The number of aliphatic hydroxyl groups is 1. The topological polar surface area (TPSA) is 97.0 Å². The predicted molar refractivity (Wildman–Crippen MR) is 147 cm³/mol. The minimum Gasteiger partial charge on any atom is -0.505 e. The van der Waals surface area contributed by atoms with E-state index < -0.39 is 29.3 Å². The first-order chi connectivity index (χ1) is 18.8. The van der Waals surface area contributed by atoms with Gasteiger partial charge in [0.25, 0.3) is 5.78 Å². The number of imidazole rings is 1. The van der Waals surface area contributed by atoms with Crippen LogP contribution >= 0.6 is 11.3 Å². The van der Waals surface area contributed by atoms with Crippen LogP contribution in [-0.2, 0) is 9.59 Å². The Balaban J connectivity index is 1.58. The van der Waals surface area contributed by atoms with Gasteiger partial charge in [0, 0.05) is 11.8 Å². The third-order valence-electron chi connectivity index (χ3n) is 6.82. The van der Waals surface area contributed by atoms with E-state index in [9.17, 15) is 14.7 Å². The quantitative estimate of drug-likeness (QED) is 0.173. The highest BCUT2D eigenvalue weighted by atomic mass is 32.1. The zero-order chi connectivity index (χ0) is 27.4. The number of halogens is 1. The van der Waals surface area contributed by atoms with Crippen molar-refractivity contribution in [2.75, 3.05) is 11.5 Å². The Morgan fingerprint density at radius 2 is 1.90 bits per heavy atom. The fourth-order valence-corrected chi connectivity index (χ4v) is 5.97. The van der Waals surface area contributed by atoms with Gasteiger partial charge in [-0.05, 0) is 56.7 Å². The molecular formula is C29H23FN4O4S. The Labute approximate surface area is 226 Å². The molecule has 0 aliphatic carbocycles. The molecule has 1 N–H and O–H groups in total. The molecule has 39 heavy (non-hydrogen) atoms. The largest absolute Gasteiger partial charge is 0.505 e. The van der Waals surface area contributed by atoms with Crippen LogP contribution in [0, 0.1) is 19.7 Å². The zero-order valence-electron chi connectivity index (χ0n) is 21.3. The van der Waals surface area contributed by atoms with Gasteiger partial charge in [-0.25, -0.2) is 14.4 Å². The van der Waals surface area contributed by atoms with Crippen LogP contribution in [0.15, 0.2) is 66.4 Å². The molecule has 4 heterocycles. The van der Waals surface area contributed by atoms with E-state index >= 15 is 4.39 Å². The Morgan fingerprint density at radius 3 is 2.64 bits per heavy atom. The predicted octanol–water partition coefficient (Wildman–Crippen LogP) is 5.72. The van der Waals surface area contributed by atoms with Gasteiger partial charge in [-0.3, -0.25) is 14.5 Å². The third-order valence-corrected chi connectivity index (χ3v) is 7.84. The number of hydrogen-bond donors (Lipinski definition) is 1. The van der Waals surface area contributed by atoms with E-state index in [1.165, 1.54) is 29.5 Å². The lowest BCUT2D eigenvalue weighted by Gasteiger charge is -2.23. The molecule has 0 bridgehead atoms. The number of pyridine rings is 1. The van der Waals surface area contributed by atoms with Crippen LogP contribution in [0.4, 0.5) is 9.52 Å². The maximum atomic E-state index is 15.3. The number of aryl methyl sites for hydroxylation is 2. The molecule has 0 spiro atoms. The molecule has 10 heteroatoms. The van der Waals surface area contributed by atoms with Crippen LogP contribution in [0.2, 0.25) is 0 Å². The number of Topliss-reactive ketones (excluding diaryl/α,β-unsaturated/α-hetero) is 1. The standard InChI is InChI=1S/C29H23FN4O4S/c1-4-38-17-11-12-20-21(14-17)39-29(31-20)34-24(18-9-5-6-10-19(18)30)22(26(36)28(34)37)25(35)23-16(3)33-13-7-8-15(2)27(33)32-23/h5-14,24,35H,4H2,1-3H3. The van der Waals surface area contributed by atoms with Gasteiger partial charge >= 0.3 is 5.91 Å². The molecule has 2 aromatic carbocycles. The highest BCUT2D eigenvalue weighted by Crippen LogP contribution is 2.45. The summed E-state index contributed by atoms with van der Waals surface area (Å²) in [7, 11) is 0. The van der Waals surface area contributed by atoms with Gasteiger partial charge in [-0.15, -0.1) is 0 Å². The minimum absolute atomic E-state index is 0.0603. The van der Waals surface area contributed by atoms with Crippen molar-refractivity contribution < 1.29 is 23.8 Å². The first-order valence-electron chi connectivity index (χ1n) is 12.3. The number of nitrogens with zero attached hydrogens (tertiary/aromatic N) is 4. The molecular weight excluding hydrogens is 519 g/mol. The van der Waals surface area contributed by atoms with E-state index in [4.69, 9.17) is 4.74 Å². The lowest BCUT2D eigenvalue weighted by Crippen LogP contribution is -2.29. The Kier molecular flexibility index (Phi) is 5.91. The van der Waals surface area contributed by atoms with E-state index in [0.717, 1.165) is 15.2 Å². The molecule has 0 saturated carbocycles. The lowest BCUT2D eigenvalue weighted by atomic mass is 9.96. The van der Waals surface area contributed by atoms with E-state index in [2.05, 4.69) is 9.97 Å². The second-order valence-corrected chi connectivity index (χ2v) is 10.2. The molecule has 3 aromatic heterocycles. The summed E-state index contributed by atoms with van der Waals surface area (Å²) in [6.45, 7) is 6.00. The first-order valence-corrected chi connectivity index (χ1v) is 13.1. The summed E-state index contributed by atoms with van der Waals surface area (Å²) < 4.78 is 23.4. The molecule has 1 saturated heterocycles. The van der Waals surface area contributed by atoms with E-state index in [1.54, 1.807) is 41.8 Å². The van der Waals surface area contributed by atoms with Gasteiger partial charge in [0.2, 0.25) is 0 Å². The number of carbonyl (C=O) groups excluding carboxylic acids is 2. The summed E-state index contributed by atoms with van der Waals surface area (Å²) in [5, 5.41) is 11.8. The number of hydrogen-bond acceptors (Lipinski definition) is 7. The van der Waals surface area contributed by atoms with Crippen molar-refractivity contribution in [2.45, 2.75) is 26.8 Å². The second-order valence-electron chi connectivity index (χ2n) is 9.18. The summed E-state index contributed by atoms with van der Waals surface area (Å²) in [6.07, 6.45) is 1.80. The van der Waals surface area contributed by atoms with Crippen molar-refractivity contribution >= 4 is 49.8 Å². The lowest BCUT2D eigenvalue weighted by molar-refractivity contribution is -0.132. The van der Waals surface area contributed by atoms with Crippen LogP contribution in [-0.4, -0.2) is 37.8 Å². The second kappa shape index (κ2) is 9.32. The SMILES string of the molecule is CCOc1ccc2nc(N3C(=O)C(=O)C(=C(O)c4nc5c(C)cccn5c4C)C3c3ccccc3F)sc2c1. The normalized spacial score (nSPS) is 17.0. The fraction of sp³-hybridized carbons (Fsp3) is 0.172. The minimum atomic E-state index is -1.25. The van der Waals surface area contributed by atoms with E-state index in [1.807, 2.05) is 26.0 Å². The smallest absolute Gasteiger partial charge is 0.301 e. The zero-order valence-corrected chi connectivity index (χ0v) is 22.1. The molecule has 1 aliphatic rings. The number of thiazole rings is 1. The average Bonchev–Trinajstić information content (AvgIpc) is 3.57. The number of anilines is 1. The van der Waals surface area contributed by atoms with Crippen molar-refractivity contribution in [1.29, 1.82) is 0 Å². The number of carbonyl (C=O) groups is 2. The molecule has 1 atom stereocenters. The van der Waals surface area contributed by atoms with Crippen LogP contribution in [0.25, 0.3) is 21.6 Å². The maximum absolute atomic E-state index is 15.3. The molecule has 1 unspecified atom stereocenters. The van der Waals surface area contributed by atoms with Crippen molar-refractivity contribution in [2.24, 2.45) is 0 Å². The van der Waals surface area contributed by atoms with Gasteiger partial charge in [0.05, 0.1) is 28.1 Å². The first kappa shape index (κ1) is 24.7. The number of amides is 1. The van der Waals surface area contributed by atoms with Gasteiger partial charge < -0.3 is 14.2 Å². The van der Waals surface area contributed by atoms with Gasteiger partial charge in [0.1, 0.15) is 28.9 Å². The van der Waals surface area contributed by atoms with Crippen molar-refractivity contribution in [3.8, 4) is 5.75 Å². The summed E-state index contributed by atoms with van der Waals surface area (Å²) in [5.41, 5.74) is 2.60. The monoisotopic (exact) mass is 542 g/mol. The van der Waals surface area contributed by atoms with Gasteiger partial charge in [0.15, 0.2) is 10.9 Å². The van der Waals surface area contributed by atoms with Crippen LogP contribution in [0.1, 0.15) is 35.5 Å². The van der Waals surface area contributed by atoms with Crippen molar-refractivity contribution in [3.05, 3.63) is 94.7 Å². The number of fused-ring (bicyclic) bond motifs is 2. The molecule has 1 aliphatic heterocycles. The Bertz CT molecular complexity index is 1840. The summed E-state index contributed by atoms with van der Waals surface area (Å²) >= 11 is 1.18. The number of rotatable bonds is 5. The average molecular weight is 543 g/mol. The van der Waals surface area contributed by atoms with Crippen LogP contribution in [0.3, 0.4) is 0 Å². The van der Waals surface area contributed by atoms with E-state index in [0.29, 0.717) is 29.2 Å². The molecule has 1 amide bonds. The fourth-order valence-electron chi connectivity index (χ4n) is 4.95. The number of aromatic nitrogens is 3. The summed E-state index contributed by atoms with van der Waals surface area (Å²) in [6, 6.07) is 13.7. The highest BCUT2D eigenvalue weighted by Gasteiger charge is 2.49. The molecule has 1 fully saturated rings. The number of ketones is 1. The third kappa shape index (κ3) is 3.87. The molecule has 0 radical (unpaired) electrons. The van der Waals surface area contributed by atoms with Gasteiger partial charge in [-0.2, -0.15) is 0 Å². The Hall–Kier alpha value is -4.57. The summed E-state index contributed by atoms with van der Waals surface area (Å²) in [5.74, 6) is -2.30. The van der Waals surface area contributed by atoms with Crippen molar-refractivity contribution in [1.82, 2.24) is 14.4 Å².